The number of pyridine rings is 1. The van der Waals surface area contributed by atoms with Crippen LogP contribution in [-0.4, -0.2) is 15.5 Å². The first-order chi connectivity index (χ1) is 15.1. The van der Waals surface area contributed by atoms with Crippen LogP contribution in [0.1, 0.15) is 16.8 Å². The van der Waals surface area contributed by atoms with Crippen LogP contribution >= 0.6 is 11.6 Å². The highest BCUT2D eigenvalue weighted by atomic mass is 35.5. The first-order valence-corrected chi connectivity index (χ1v) is 10.1. The number of nitrogens with one attached hydrogen (secondary N) is 1. The van der Waals surface area contributed by atoms with Gasteiger partial charge in [-0.15, -0.1) is 0 Å². The van der Waals surface area contributed by atoms with Crippen molar-refractivity contribution < 1.29 is 4.79 Å². The highest BCUT2D eigenvalue weighted by molar-refractivity contribution is 6.30. The first-order valence-electron chi connectivity index (χ1n) is 9.76. The third-order valence-electron chi connectivity index (χ3n) is 4.88. The number of rotatable bonds is 6. The average Bonchev–Trinajstić information content (AvgIpc) is 3.13. The molecule has 0 unspecified atom stereocenters. The number of nitrogens with zero attached hydrogens (tertiary/aromatic N) is 3. The minimum atomic E-state index is -0.431. The molecule has 5 nitrogen and oxygen atoms in total. The molecule has 2 aromatic carbocycles. The van der Waals surface area contributed by atoms with Crippen molar-refractivity contribution in [3.05, 3.63) is 107 Å². The fraction of sp³-hybridized carbons (Fsp3) is 0.0800. The van der Waals surface area contributed by atoms with E-state index in [1.165, 1.54) is 0 Å². The second-order valence-corrected chi connectivity index (χ2v) is 7.47. The molecule has 0 saturated carbocycles. The topological polar surface area (TPSA) is 70.7 Å². The third kappa shape index (κ3) is 4.82. The smallest absolute Gasteiger partial charge is 0.262 e. The molecule has 0 radical (unpaired) electrons. The molecule has 0 atom stereocenters. The Kier molecular flexibility index (Phi) is 6.11. The van der Waals surface area contributed by atoms with Crippen LogP contribution in [0, 0.1) is 11.3 Å². The van der Waals surface area contributed by atoms with E-state index >= 15 is 0 Å². The third-order valence-corrected chi connectivity index (χ3v) is 5.12. The van der Waals surface area contributed by atoms with Gasteiger partial charge in [0.25, 0.3) is 5.91 Å². The van der Waals surface area contributed by atoms with Gasteiger partial charge in [0.05, 0.1) is 12.2 Å². The Morgan fingerprint density at radius 3 is 2.74 bits per heavy atom. The maximum atomic E-state index is 12.6. The summed E-state index contributed by atoms with van der Waals surface area (Å²) in [5.41, 5.74) is 3.66. The number of amides is 1. The van der Waals surface area contributed by atoms with E-state index in [0.717, 1.165) is 27.7 Å². The van der Waals surface area contributed by atoms with Gasteiger partial charge in [0.15, 0.2) is 0 Å². The lowest BCUT2D eigenvalue weighted by atomic mass is 10.1. The van der Waals surface area contributed by atoms with Crippen LogP contribution in [0.4, 0.5) is 0 Å². The van der Waals surface area contributed by atoms with Gasteiger partial charge in [0.1, 0.15) is 11.6 Å². The Morgan fingerprint density at radius 2 is 1.97 bits per heavy atom. The summed E-state index contributed by atoms with van der Waals surface area (Å²) in [5, 5.41) is 14.0. The lowest BCUT2D eigenvalue weighted by molar-refractivity contribution is -0.117. The number of carbonyl (C=O) groups is 1. The molecule has 31 heavy (non-hydrogen) atoms. The quantitative estimate of drug-likeness (QED) is 0.350. The van der Waals surface area contributed by atoms with E-state index in [4.69, 9.17) is 11.6 Å². The summed E-state index contributed by atoms with van der Waals surface area (Å²) in [6.45, 7) is 0.887. The Balaban J connectivity index is 1.62. The normalized spacial score (nSPS) is 11.3. The maximum absolute atomic E-state index is 12.6. The van der Waals surface area contributed by atoms with E-state index in [1.807, 2.05) is 79.0 Å². The number of nitriles is 1. The first kappa shape index (κ1) is 20.4. The summed E-state index contributed by atoms with van der Waals surface area (Å²) in [5.74, 6) is -0.431. The SMILES string of the molecule is N#C/C(=C\c1cn(Cc2cccc(Cl)c2)c2ccccc12)C(=O)NCc1ccccn1. The number of para-hydroxylation sites is 1. The zero-order valence-electron chi connectivity index (χ0n) is 16.6. The van der Waals surface area contributed by atoms with Crippen LogP contribution in [0.5, 0.6) is 0 Å². The second-order valence-electron chi connectivity index (χ2n) is 7.03. The number of hydrogen-bond acceptors (Lipinski definition) is 3. The van der Waals surface area contributed by atoms with E-state index in [2.05, 4.69) is 14.9 Å². The molecule has 0 aliphatic rings. The van der Waals surface area contributed by atoms with Gasteiger partial charge in [-0.2, -0.15) is 5.26 Å². The summed E-state index contributed by atoms with van der Waals surface area (Å²) in [7, 11) is 0. The molecular weight excluding hydrogens is 408 g/mol. The Bertz CT molecular complexity index is 1300. The van der Waals surface area contributed by atoms with Crippen LogP contribution in [0.15, 0.2) is 84.7 Å². The Morgan fingerprint density at radius 1 is 1.13 bits per heavy atom. The molecule has 1 amide bonds. The van der Waals surface area contributed by atoms with Crippen molar-refractivity contribution in [3.8, 4) is 6.07 Å². The highest BCUT2D eigenvalue weighted by Gasteiger charge is 2.13. The van der Waals surface area contributed by atoms with Crippen LogP contribution in [-0.2, 0) is 17.9 Å². The lowest BCUT2D eigenvalue weighted by Gasteiger charge is -2.05. The molecule has 6 heteroatoms. The molecule has 0 bridgehead atoms. The molecule has 2 aromatic heterocycles. The molecule has 4 aromatic rings. The molecule has 1 N–H and O–H groups in total. The molecular formula is C25H19ClN4O. The lowest BCUT2D eigenvalue weighted by Crippen LogP contribution is -2.24. The number of hydrogen-bond donors (Lipinski definition) is 1. The fourth-order valence-electron chi connectivity index (χ4n) is 3.43. The van der Waals surface area contributed by atoms with Gasteiger partial charge in [-0.05, 0) is 42.0 Å². The molecule has 0 aliphatic heterocycles. The number of halogens is 1. The van der Waals surface area contributed by atoms with Crippen molar-refractivity contribution in [1.29, 1.82) is 5.26 Å². The minimum absolute atomic E-state index is 0.0431. The van der Waals surface area contributed by atoms with E-state index in [1.54, 1.807) is 12.3 Å². The predicted molar refractivity (Wildman–Crippen MR) is 122 cm³/mol. The van der Waals surface area contributed by atoms with Crippen LogP contribution in [0.25, 0.3) is 17.0 Å². The van der Waals surface area contributed by atoms with Gasteiger partial charge in [-0.1, -0.05) is 48.0 Å². The van der Waals surface area contributed by atoms with Crippen molar-refractivity contribution in [3.63, 3.8) is 0 Å². The van der Waals surface area contributed by atoms with Crippen molar-refractivity contribution >= 4 is 34.5 Å². The molecule has 0 saturated heterocycles. The molecule has 0 spiro atoms. The minimum Gasteiger partial charge on any atom is -0.346 e. The fourth-order valence-corrected chi connectivity index (χ4v) is 3.64. The summed E-state index contributed by atoms with van der Waals surface area (Å²) in [6.07, 6.45) is 5.25. The standard InChI is InChI=1S/C25H19ClN4O/c26-21-7-5-6-18(12-21)16-30-17-20(23-9-1-2-10-24(23)30)13-19(14-27)25(31)29-15-22-8-3-4-11-28-22/h1-13,17H,15-16H2,(H,29,31)/b19-13+. The predicted octanol–water partition coefficient (Wildman–Crippen LogP) is 4.96. The molecule has 2 heterocycles. The van der Waals surface area contributed by atoms with Crippen molar-refractivity contribution in [2.24, 2.45) is 0 Å². The van der Waals surface area contributed by atoms with E-state index in [9.17, 15) is 10.1 Å². The van der Waals surface area contributed by atoms with E-state index in [0.29, 0.717) is 11.6 Å². The van der Waals surface area contributed by atoms with Crippen LogP contribution in [0.3, 0.4) is 0 Å². The maximum Gasteiger partial charge on any atom is 0.262 e. The zero-order chi connectivity index (χ0) is 21.6. The van der Waals surface area contributed by atoms with Crippen LogP contribution in [0.2, 0.25) is 5.02 Å². The van der Waals surface area contributed by atoms with Crippen molar-refractivity contribution in [2.45, 2.75) is 13.1 Å². The highest BCUT2D eigenvalue weighted by Crippen LogP contribution is 2.25. The molecule has 0 fully saturated rings. The Labute approximate surface area is 185 Å². The zero-order valence-corrected chi connectivity index (χ0v) is 17.4. The van der Waals surface area contributed by atoms with Gasteiger partial charge < -0.3 is 9.88 Å². The van der Waals surface area contributed by atoms with E-state index < -0.39 is 5.91 Å². The summed E-state index contributed by atoms with van der Waals surface area (Å²) >= 11 is 6.13. The monoisotopic (exact) mass is 426 g/mol. The van der Waals surface area contributed by atoms with Gasteiger partial charge in [-0.25, -0.2) is 0 Å². The molecule has 152 valence electrons. The number of fused-ring (bicyclic) bond motifs is 1. The Hall–Kier alpha value is -3.88. The van der Waals surface area contributed by atoms with Gasteiger partial charge in [0.2, 0.25) is 0 Å². The summed E-state index contributed by atoms with van der Waals surface area (Å²) in [6, 6.07) is 23.1. The summed E-state index contributed by atoms with van der Waals surface area (Å²) in [4.78, 5) is 16.8. The average molecular weight is 427 g/mol. The molecule has 0 aliphatic carbocycles. The van der Waals surface area contributed by atoms with Gasteiger partial charge >= 0.3 is 0 Å². The number of carbonyl (C=O) groups excluding carboxylic acids is 1. The van der Waals surface area contributed by atoms with Crippen molar-refractivity contribution in [2.75, 3.05) is 0 Å². The van der Waals surface area contributed by atoms with E-state index in [-0.39, 0.29) is 12.1 Å². The van der Waals surface area contributed by atoms with Gasteiger partial charge in [0, 0.05) is 40.4 Å². The number of aromatic nitrogens is 2. The second kappa shape index (κ2) is 9.29. The number of benzene rings is 2. The van der Waals surface area contributed by atoms with Crippen molar-refractivity contribution in [1.82, 2.24) is 14.9 Å². The largest absolute Gasteiger partial charge is 0.346 e. The molecule has 4 rings (SSSR count). The van der Waals surface area contributed by atoms with Crippen LogP contribution < -0.4 is 5.32 Å². The summed E-state index contributed by atoms with van der Waals surface area (Å²) < 4.78 is 2.09. The van der Waals surface area contributed by atoms with Gasteiger partial charge in [-0.3, -0.25) is 9.78 Å².